The number of unbranched alkanes of at least 4 members (excludes halogenated alkanes) is 1. The summed E-state index contributed by atoms with van der Waals surface area (Å²) in [5.41, 5.74) is 6.11. The first-order chi connectivity index (χ1) is 14.8. The van der Waals surface area contributed by atoms with Crippen molar-refractivity contribution in [3.63, 3.8) is 0 Å². The number of carbonyl (C=O) groups is 3. The third kappa shape index (κ3) is 8.81. The van der Waals surface area contributed by atoms with Gasteiger partial charge in [0.05, 0.1) is 4.92 Å². The predicted octanol–water partition coefficient (Wildman–Crippen LogP) is 3.09. The molecule has 0 unspecified atom stereocenters. The number of rotatable bonds is 10. The lowest BCUT2D eigenvalue weighted by Crippen LogP contribution is -2.30. The number of hydrogen-bond donors (Lipinski definition) is 3. The largest absolute Gasteiger partial charge is 0.514 e. The van der Waals surface area contributed by atoms with Gasteiger partial charge in [0.15, 0.2) is 0 Å². The number of non-ortho nitro benzene ring substituents is 1. The number of urea groups is 1. The quantitative estimate of drug-likeness (QED) is 0.171. The fourth-order valence-corrected chi connectivity index (χ4v) is 2.43. The highest BCUT2D eigenvalue weighted by molar-refractivity contribution is 5.90. The molecule has 11 heteroatoms. The summed E-state index contributed by atoms with van der Waals surface area (Å²) in [7, 11) is 0. The van der Waals surface area contributed by atoms with Gasteiger partial charge in [0.2, 0.25) is 5.91 Å². The van der Waals surface area contributed by atoms with E-state index in [1.165, 1.54) is 24.3 Å². The van der Waals surface area contributed by atoms with Gasteiger partial charge in [-0.1, -0.05) is 12.1 Å². The lowest BCUT2D eigenvalue weighted by Gasteiger charge is -2.08. The topological polar surface area (TPSA) is 163 Å². The van der Waals surface area contributed by atoms with Gasteiger partial charge in [0.25, 0.3) is 5.69 Å². The van der Waals surface area contributed by atoms with Gasteiger partial charge in [-0.05, 0) is 42.7 Å². The molecule has 0 radical (unpaired) electrons. The third-order valence-corrected chi connectivity index (χ3v) is 3.97. The second-order valence-electron chi connectivity index (χ2n) is 6.38. The molecule has 0 heterocycles. The molecule has 4 N–H and O–H groups in total. The molecule has 2 aromatic carbocycles. The van der Waals surface area contributed by atoms with E-state index >= 15 is 0 Å². The molecule has 2 rings (SSSR count). The number of nitro benzene ring substituents is 1. The Bertz CT molecular complexity index is 914. The maximum Gasteiger partial charge on any atom is 0.514 e. The Hall–Kier alpha value is -4.15. The number of primary amides is 1. The van der Waals surface area contributed by atoms with E-state index in [9.17, 15) is 24.5 Å². The predicted molar refractivity (Wildman–Crippen MR) is 110 cm³/mol. The van der Waals surface area contributed by atoms with Crippen molar-refractivity contribution < 1.29 is 28.8 Å². The van der Waals surface area contributed by atoms with E-state index in [-0.39, 0.29) is 24.0 Å². The third-order valence-electron chi connectivity index (χ3n) is 3.97. The number of hydrogen-bond acceptors (Lipinski definition) is 7. The van der Waals surface area contributed by atoms with Crippen LogP contribution in [-0.2, 0) is 16.1 Å². The van der Waals surface area contributed by atoms with Crippen molar-refractivity contribution in [2.75, 3.05) is 11.9 Å². The number of anilines is 1. The molecule has 31 heavy (non-hydrogen) atoms. The summed E-state index contributed by atoms with van der Waals surface area (Å²) in [5, 5.41) is 15.8. The summed E-state index contributed by atoms with van der Waals surface area (Å²) in [6.45, 7) is 0.372. The normalized spacial score (nSPS) is 10.1. The zero-order chi connectivity index (χ0) is 22.6. The van der Waals surface area contributed by atoms with Gasteiger partial charge in [-0.25, -0.2) is 9.59 Å². The minimum atomic E-state index is -0.947. The van der Waals surface area contributed by atoms with Gasteiger partial charge in [0, 0.05) is 30.8 Å². The van der Waals surface area contributed by atoms with E-state index in [1.807, 2.05) is 0 Å². The summed E-state index contributed by atoms with van der Waals surface area (Å²) in [5.74, 6) is -0.0335. The second-order valence-corrected chi connectivity index (χ2v) is 6.38. The first-order valence-corrected chi connectivity index (χ1v) is 9.34. The summed E-state index contributed by atoms with van der Waals surface area (Å²) >= 11 is 0. The summed E-state index contributed by atoms with van der Waals surface area (Å²) in [6, 6.07) is 11.2. The summed E-state index contributed by atoms with van der Waals surface area (Å²) in [4.78, 5) is 44.2. The Labute approximate surface area is 177 Å². The number of nitrogens with one attached hydrogen (secondary N) is 2. The molecule has 164 valence electrons. The highest BCUT2D eigenvalue weighted by Crippen LogP contribution is 2.18. The van der Waals surface area contributed by atoms with E-state index in [0.717, 1.165) is 0 Å². The standard InChI is InChI=1S/C20H22N4O7/c21-19(26)22-12-2-1-3-18(25)23-15-6-4-14(5-7-15)13-30-20(27)31-17-10-8-16(9-11-17)24(28)29/h4-11H,1-3,12-13H2,(H,23,25)(H3,21,22,26). The Morgan fingerprint density at radius 2 is 1.68 bits per heavy atom. The summed E-state index contributed by atoms with van der Waals surface area (Å²) < 4.78 is 9.95. The Kier molecular flexibility index (Phi) is 8.77. The number of ether oxygens (including phenoxy) is 2. The molecule has 0 bridgehead atoms. The number of benzene rings is 2. The Morgan fingerprint density at radius 3 is 2.29 bits per heavy atom. The van der Waals surface area contributed by atoms with Crippen molar-refractivity contribution in [2.45, 2.75) is 25.9 Å². The van der Waals surface area contributed by atoms with Crippen molar-refractivity contribution >= 4 is 29.5 Å². The van der Waals surface area contributed by atoms with Crippen LogP contribution in [0.2, 0.25) is 0 Å². The molecule has 0 saturated heterocycles. The number of nitro groups is 1. The minimum Gasteiger partial charge on any atom is -0.429 e. The highest BCUT2D eigenvalue weighted by atomic mass is 16.7. The highest BCUT2D eigenvalue weighted by Gasteiger charge is 2.10. The van der Waals surface area contributed by atoms with Crippen LogP contribution in [0.3, 0.4) is 0 Å². The Balaban J connectivity index is 1.70. The zero-order valence-electron chi connectivity index (χ0n) is 16.5. The maximum atomic E-state index is 11.9. The van der Waals surface area contributed by atoms with Crippen LogP contribution in [0.4, 0.5) is 21.0 Å². The Morgan fingerprint density at radius 1 is 1.00 bits per heavy atom. The molecule has 0 aliphatic carbocycles. The smallest absolute Gasteiger partial charge is 0.429 e. The van der Waals surface area contributed by atoms with Crippen molar-refractivity contribution in [1.82, 2.24) is 5.32 Å². The summed E-state index contributed by atoms with van der Waals surface area (Å²) in [6.07, 6.45) is 0.606. The van der Waals surface area contributed by atoms with Crippen LogP contribution in [0.25, 0.3) is 0 Å². The first-order valence-electron chi connectivity index (χ1n) is 9.34. The molecule has 3 amide bonds. The zero-order valence-corrected chi connectivity index (χ0v) is 16.5. The maximum absolute atomic E-state index is 11.9. The molecule has 0 spiro atoms. The van der Waals surface area contributed by atoms with Crippen LogP contribution in [0.5, 0.6) is 5.75 Å². The molecule has 2 aromatic rings. The van der Waals surface area contributed by atoms with E-state index < -0.39 is 17.1 Å². The fourth-order valence-electron chi connectivity index (χ4n) is 2.43. The number of nitrogens with two attached hydrogens (primary N) is 1. The molecule has 0 aromatic heterocycles. The SMILES string of the molecule is NC(=O)NCCCCC(=O)Nc1ccc(COC(=O)Oc2ccc([N+](=O)[O-])cc2)cc1. The van der Waals surface area contributed by atoms with E-state index in [2.05, 4.69) is 10.6 Å². The van der Waals surface area contributed by atoms with E-state index in [0.29, 0.717) is 37.1 Å². The first kappa shape index (κ1) is 23.1. The average molecular weight is 430 g/mol. The molecule has 0 saturated carbocycles. The average Bonchev–Trinajstić information content (AvgIpc) is 2.73. The molecule has 0 fully saturated rings. The van der Waals surface area contributed by atoms with Crippen LogP contribution in [-0.4, -0.2) is 29.6 Å². The molecular weight excluding hydrogens is 408 g/mol. The van der Waals surface area contributed by atoms with E-state index in [4.69, 9.17) is 15.2 Å². The number of carbonyl (C=O) groups excluding carboxylic acids is 3. The van der Waals surface area contributed by atoms with Crippen molar-refractivity contribution in [3.8, 4) is 5.75 Å². The van der Waals surface area contributed by atoms with Crippen molar-refractivity contribution in [2.24, 2.45) is 5.73 Å². The van der Waals surface area contributed by atoms with Crippen molar-refractivity contribution in [3.05, 3.63) is 64.2 Å². The van der Waals surface area contributed by atoms with Crippen LogP contribution in [0, 0.1) is 10.1 Å². The lowest BCUT2D eigenvalue weighted by atomic mass is 10.2. The van der Waals surface area contributed by atoms with Gasteiger partial charge < -0.3 is 25.8 Å². The van der Waals surface area contributed by atoms with Gasteiger partial charge in [-0.3, -0.25) is 14.9 Å². The van der Waals surface area contributed by atoms with Gasteiger partial charge in [-0.2, -0.15) is 0 Å². The van der Waals surface area contributed by atoms with Crippen LogP contribution in [0.15, 0.2) is 48.5 Å². The minimum absolute atomic E-state index is 0.0487. The van der Waals surface area contributed by atoms with Crippen LogP contribution < -0.4 is 21.1 Å². The molecule has 0 atom stereocenters. The molecule has 0 aliphatic rings. The molecule has 0 aliphatic heterocycles. The monoisotopic (exact) mass is 430 g/mol. The number of nitrogens with zero attached hydrogens (tertiary/aromatic N) is 1. The second kappa shape index (κ2) is 11.8. The van der Waals surface area contributed by atoms with Crippen LogP contribution >= 0.6 is 0 Å². The fraction of sp³-hybridized carbons (Fsp3) is 0.250. The number of amides is 3. The van der Waals surface area contributed by atoms with E-state index in [1.54, 1.807) is 24.3 Å². The van der Waals surface area contributed by atoms with Gasteiger partial charge >= 0.3 is 12.2 Å². The molecular formula is C20H22N4O7. The van der Waals surface area contributed by atoms with Gasteiger partial charge in [-0.15, -0.1) is 0 Å². The van der Waals surface area contributed by atoms with Gasteiger partial charge in [0.1, 0.15) is 12.4 Å². The van der Waals surface area contributed by atoms with Crippen LogP contribution in [0.1, 0.15) is 24.8 Å². The lowest BCUT2D eigenvalue weighted by molar-refractivity contribution is -0.384. The van der Waals surface area contributed by atoms with Crippen molar-refractivity contribution in [1.29, 1.82) is 0 Å². The molecule has 11 nitrogen and oxygen atoms in total.